The van der Waals surface area contributed by atoms with Crippen LogP contribution in [0, 0.1) is 6.92 Å². The summed E-state index contributed by atoms with van der Waals surface area (Å²) >= 11 is 0. The quantitative estimate of drug-likeness (QED) is 0.892. The number of rotatable bonds is 3. The van der Waals surface area contributed by atoms with Gasteiger partial charge in [0.15, 0.2) is 5.82 Å². The topological polar surface area (TPSA) is 37.8 Å². The van der Waals surface area contributed by atoms with Crippen molar-refractivity contribution < 1.29 is 0 Å². The average molecular weight is 239 g/mol. The summed E-state index contributed by atoms with van der Waals surface area (Å²) in [5.74, 6) is 2.45. The van der Waals surface area contributed by atoms with Crippen LogP contribution < -0.4 is 5.32 Å². The first-order chi connectivity index (χ1) is 8.76. The maximum atomic E-state index is 4.49. The van der Waals surface area contributed by atoms with Crippen molar-refractivity contribution in [3.8, 4) is 11.4 Å². The number of benzene rings is 1. The van der Waals surface area contributed by atoms with E-state index in [1.54, 1.807) is 0 Å². The molecule has 1 aromatic carbocycles. The highest BCUT2D eigenvalue weighted by molar-refractivity contribution is 5.58. The SMILES string of the molecule is CNc1cc(C)nc(-c2ccc(C3CC3)cc2)n1. The maximum absolute atomic E-state index is 4.49. The zero-order chi connectivity index (χ0) is 12.5. The Morgan fingerprint density at radius 2 is 1.83 bits per heavy atom. The number of hydrogen-bond donors (Lipinski definition) is 1. The van der Waals surface area contributed by atoms with Gasteiger partial charge >= 0.3 is 0 Å². The smallest absolute Gasteiger partial charge is 0.161 e. The molecule has 1 saturated carbocycles. The molecule has 1 N–H and O–H groups in total. The Hall–Kier alpha value is -1.90. The van der Waals surface area contributed by atoms with Crippen LogP contribution in [0.1, 0.15) is 30.0 Å². The molecule has 0 saturated heterocycles. The molecule has 0 aliphatic heterocycles. The fraction of sp³-hybridized carbons (Fsp3) is 0.333. The van der Waals surface area contributed by atoms with Gasteiger partial charge in [0.1, 0.15) is 5.82 Å². The Morgan fingerprint density at radius 1 is 1.11 bits per heavy atom. The van der Waals surface area contributed by atoms with Gasteiger partial charge in [-0.25, -0.2) is 9.97 Å². The third-order valence-electron chi connectivity index (χ3n) is 3.33. The van der Waals surface area contributed by atoms with Crippen molar-refractivity contribution in [1.29, 1.82) is 0 Å². The van der Waals surface area contributed by atoms with Crippen LogP contribution in [0.3, 0.4) is 0 Å². The lowest BCUT2D eigenvalue weighted by Crippen LogP contribution is -1.98. The van der Waals surface area contributed by atoms with Gasteiger partial charge in [-0.3, -0.25) is 0 Å². The Morgan fingerprint density at radius 3 is 2.44 bits per heavy atom. The summed E-state index contributed by atoms with van der Waals surface area (Å²) in [6.07, 6.45) is 2.67. The van der Waals surface area contributed by atoms with Crippen molar-refractivity contribution in [2.24, 2.45) is 0 Å². The van der Waals surface area contributed by atoms with Gasteiger partial charge in [-0.1, -0.05) is 24.3 Å². The fourth-order valence-electron chi connectivity index (χ4n) is 2.15. The molecular weight excluding hydrogens is 222 g/mol. The first kappa shape index (κ1) is 11.2. The van der Waals surface area contributed by atoms with Gasteiger partial charge < -0.3 is 5.32 Å². The zero-order valence-electron chi connectivity index (χ0n) is 10.8. The summed E-state index contributed by atoms with van der Waals surface area (Å²) < 4.78 is 0. The molecule has 1 fully saturated rings. The van der Waals surface area contributed by atoms with E-state index in [0.29, 0.717) is 0 Å². The third-order valence-corrected chi connectivity index (χ3v) is 3.33. The van der Waals surface area contributed by atoms with Crippen LogP contribution in [0.15, 0.2) is 30.3 Å². The minimum atomic E-state index is 0.793. The molecule has 0 unspecified atom stereocenters. The molecule has 0 atom stereocenters. The van der Waals surface area contributed by atoms with Gasteiger partial charge in [0.05, 0.1) is 0 Å². The zero-order valence-corrected chi connectivity index (χ0v) is 10.8. The third kappa shape index (κ3) is 2.21. The number of nitrogens with one attached hydrogen (secondary N) is 1. The Balaban J connectivity index is 1.95. The molecule has 1 aliphatic rings. The number of anilines is 1. The highest BCUT2D eigenvalue weighted by Crippen LogP contribution is 2.40. The lowest BCUT2D eigenvalue weighted by atomic mass is 10.1. The second kappa shape index (κ2) is 4.41. The Labute approximate surface area is 107 Å². The monoisotopic (exact) mass is 239 g/mol. The van der Waals surface area contributed by atoms with E-state index in [0.717, 1.165) is 28.8 Å². The van der Waals surface area contributed by atoms with Crippen molar-refractivity contribution in [1.82, 2.24) is 9.97 Å². The number of nitrogens with zero attached hydrogens (tertiary/aromatic N) is 2. The highest BCUT2D eigenvalue weighted by Gasteiger charge is 2.23. The van der Waals surface area contributed by atoms with Gasteiger partial charge in [0.2, 0.25) is 0 Å². The fourth-order valence-corrected chi connectivity index (χ4v) is 2.15. The molecule has 0 spiro atoms. The number of aromatic nitrogens is 2. The molecule has 2 aromatic rings. The molecule has 1 heterocycles. The maximum Gasteiger partial charge on any atom is 0.161 e. The van der Waals surface area contributed by atoms with Crippen LogP contribution in [0.25, 0.3) is 11.4 Å². The van der Waals surface area contributed by atoms with Crippen molar-refractivity contribution >= 4 is 5.82 Å². The molecule has 0 bridgehead atoms. The van der Waals surface area contributed by atoms with Gasteiger partial charge in [0.25, 0.3) is 0 Å². The second-order valence-corrected chi connectivity index (χ2v) is 4.86. The van der Waals surface area contributed by atoms with Gasteiger partial charge in [-0.2, -0.15) is 0 Å². The molecule has 3 rings (SSSR count). The van der Waals surface area contributed by atoms with Crippen molar-refractivity contribution in [2.45, 2.75) is 25.7 Å². The highest BCUT2D eigenvalue weighted by atomic mass is 15.0. The molecule has 0 radical (unpaired) electrons. The molecule has 3 heteroatoms. The lowest BCUT2D eigenvalue weighted by molar-refractivity contribution is 1.10. The minimum absolute atomic E-state index is 0.793. The Kier molecular flexibility index (Phi) is 2.74. The van der Waals surface area contributed by atoms with Gasteiger partial charge in [0, 0.05) is 24.4 Å². The largest absolute Gasteiger partial charge is 0.373 e. The van der Waals surface area contributed by atoms with Crippen molar-refractivity contribution in [2.75, 3.05) is 12.4 Å². The van der Waals surface area contributed by atoms with E-state index in [9.17, 15) is 0 Å². The number of hydrogen-bond acceptors (Lipinski definition) is 3. The van der Waals surface area contributed by atoms with Crippen LogP contribution in [0.5, 0.6) is 0 Å². The van der Waals surface area contributed by atoms with Crippen molar-refractivity contribution in [3.05, 3.63) is 41.6 Å². The van der Waals surface area contributed by atoms with E-state index in [1.165, 1.54) is 18.4 Å². The normalized spacial score (nSPS) is 14.6. The van der Waals surface area contributed by atoms with Crippen LogP contribution in [-0.2, 0) is 0 Å². The molecule has 92 valence electrons. The summed E-state index contributed by atoms with van der Waals surface area (Å²) in [5.41, 5.74) is 3.51. The summed E-state index contributed by atoms with van der Waals surface area (Å²) in [4.78, 5) is 8.98. The first-order valence-corrected chi connectivity index (χ1v) is 6.40. The average Bonchev–Trinajstić information content (AvgIpc) is 3.22. The summed E-state index contributed by atoms with van der Waals surface area (Å²) in [6.45, 7) is 1.99. The van der Waals surface area contributed by atoms with E-state index in [1.807, 2.05) is 20.0 Å². The van der Waals surface area contributed by atoms with Crippen LogP contribution in [-0.4, -0.2) is 17.0 Å². The van der Waals surface area contributed by atoms with Crippen LogP contribution >= 0.6 is 0 Å². The van der Waals surface area contributed by atoms with Gasteiger partial charge in [-0.05, 0) is 31.2 Å². The molecule has 3 nitrogen and oxygen atoms in total. The molecule has 0 amide bonds. The molecule has 18 heavy (non-hydrogen) atoms. The second-order valence-electron chi connectivity index (χ2n) is 4.86. The predicted octanol–water partition coefficient (Wildman–Crippen LogP) is 3.37. The Bertz CT molecular complexity index is 556. The number of aryl methyl sites for hydroxylation is 1. The van der Waals surface area contributed by atoms with E-state index in [-0.39, 0.29) is 0 Å². The van der Waals surface area contributed by atoms with E-state index < -0.39 is 0 Å². The van der Waals surface area contributed by atoms with Gasteiger partial charge in [-0.15, -0.1) is 0 Å². The molecule has 1 aliphatic carbocycles. The summed E-state index contributed by atoms with van der Waals surface area (Å²) in [5, 5.41) is 3.07. The van der Waals surface area contributed by atoms with Crippen molar-refractivity contribution in [3.63, 3.8) is 0 Å². The first-order valence-electron chi connectivity index (χ1n) is 6.40. The lowest BCUT2D eigenvalue weighted by Gasteiger charge is -2.06. The summed E-state index contributed by atoms with van der Waals surface area (Å²) in [7, 11) is 1.88. The van der Waals surface area contributed by atoms with E-state index in [2.05, 4.69) is 39.6 Å². The van der Waals surface area contributed by atoms with E-state index >= 15 is 0 Å². The summed E-state index contributed by atoms with van der Waals surface area (Å²) in [6, 6.07) is 10.6. The van der Waals surface area contributed by atoms with E-state index in [4.69, 9.17) is 0 Å². The minimum Gasteiger partial charge on any atom is -0.373 e. The molecular formula is C15H17N3. The standard InChI is InChI=1S/C15H17N3/c1-10-9-14(16-2)18-15(17-10)13-7-5-12(6-8-13)11-3-4-11/h5-9,11H,3-4H2,1-2H3,(H,16,17,18). The van der Waals surface area contributed by atoms with Crippen LogP contribution in [0.4, 0.5) is 5.82 Å². The predicted molar refractivity (Wildman–Crippen MR) is 73.7 cm³/mol. The van der Waals surface area contributed by atoms with Crippen LogP contribution in [0.2, 0.25) is 0 Å². The molecule has 1 aromatic heterocycles.